The molecule has 1 saturated carbocycles. The van der Waals surface area contributed by atoms with E-state index in [2.05, 4.69) is 30.8 Å². The van der Waals surface area contributed by atoms with Gasteiger partial charge < -0.3 is 5.32 Å². The Kier molecular flexibility index (Phi) is 5.10. The van der Waals surface area contributed by atoms with Crippen LogP contribution in [-0.4, -0.2) is 44.9 Å². The number of hydrogen-bond donors (Lipinski definition) is 2. The lowest BCUT2D eigenvalue weighted by Crippen LogP contribution is -2.48. The van der Waals surface area contributed by atoms with Crippen LogP contribution in [0.2, 0.25) is 0 Å². The van der Waals surface area contributed by atoms with Gasteiger partial charge in [0.1, 0.15) is 0 Å². The highest BCUT2D eigenvalue weighted by molar-refractivity contribution is 7.87. The number of nitrogens with zero attached hydrogens (tertiary/aromatic N) is 1. The van der Waals surface area contributed by atoms with Crippen LogP contribution in [0.25, 0.3) is 0 Å². The van der Waals surface area contributed by atoms with Crippen molar-refractivity contribution in [2.24, 2.45) is 11.3 Å². The molecule has 2 rings (SSSR count). The van der Waals surface area contributed by atoms with Crippen molar-refractivity contribution in [1.82, 2.24) is 14.3 Å². The lowest BCUT2D eigenvalue weighted by atomic mass is 9.99. The highest BCUT2D eigenvalue weighted by Crippen LogP contribution is 2.44. The second-order valence-corrected chi connectivity index (χ2v) is 8.82. The normalized spacial score (nSPS) is 26.9. The van der Waals surface area contributed by atoms with Gasteiger partial charge in [0.15, 0.2) is 0 Å². The first-order valence-corrected chi connectivity index (χ1v) is 9.23. The van der Waals surface area contributed by atoms with Gasteiger partial charge in [-0.15, -0.1) is 0 Å². The van der Waals surface area contributed by atoms with Crippen LogP contribution in [0.4, 0.5) is 0 Å². The predicted octanol–water partition coefficient (Wildman–Crippen LogP) is 1.33. The summed E-state index contributed by atoms with van der Waals surface area (Å²) in [5.41, 5.74) is 0.210. The van der Waals surface area contributed by atoms with Gasteiger partial charge in [0.2, 0.25) is 0 Å². The molecule has 6 heteroatoms. The van der Waals surface area contributed by atoms with E-state index in [1.807, 2.05) is 0 Å². The maximum absolute atomic E-state index is 12.3. The van der Waals surface area contributed by atoms with Crippen LogP contribution in [0.1, 0.15) is 46.5 Å². The standard InChI is InChI=1S/C14H29N3O2S/c1-12(2)15-9-13-5-4-8-17(10-13)20(18,19)16-11-14(3)6-7-14/h12-13,15-16H,4-11H2,1-3H3. The van der Waals surface area contributed by atoms with Gasteiger partial charge in [-0.1, -0.05) is 20.8 Å². The summed E-state index contributed by atoms with van der Waals surface area (Å²) in [7, 11) is -3.29. The molecule has 1 saturated heterocycles. The van der Waals surface area contributed by atoms with Crippen LogP contribution in [0, 0.1) is 11.3 Å². The van der Waals surface area contributed by atoms with Crippen LogP contribution in [-0.2, 0) is 10.2 Å². The van der Waals surface area contributed by atoms with E-state index >= 15 is 0 Å². The van der Waals surface area contributed by atoms with Crippen molar-refractivity contribution in [2.75, 3.05) is 26.2 Å². The Morgan fingerprint density at radius 2 is 2.05 bits per heavy atom. The Balaban J connectivity index is 1.83. The fourth-order valence-corrected chi connectivity index (χ4v) is 4.05. The molecule has 1 heterocycles. The number of hydrogen-bond acceptors (Lipinski definition) is 3. The van der Waals surface area contributed by atoms with Gasteiger partial charge in [0, 0.05) is 25.7 Å². The molecule has 0 amide bonds. The zero-order valence-corrected chi connectivity index (χ0v) is 13.8. The van der Waals surface area contributed by atoms with Crippen molar-refractivity contribution >= 4 is 10.2 Å². The van der Waals surface area contributed by atoms with E-state index in [1.54, 1.807) is 4.31 Å². The molecule has 118 valence electrons. The van der Waals surface area contributed by atoms with Gasteiger partial charge in [0.25, 0.3) is 10.2 Å². The number of nitrogens with one attached hydrogen (secondary N) is 2. The lowest BCUT2D eigenvalue weighted by molar-refractivity contribution is 0.253. The smallest absolute Gasteiger partial charge is 0.279 e. The SMILES string of the molecule is CC(C)NCC1CCCN(S(=O)(=O)NCC2(C)CC2)C1. The second-order valence-electron chi connectivity index (χ2n) is 7.07. The van der Waals surface area contributed by atoms with Crippen molar-refractivity contribution in [3.63, 3.8) is 0 Å². The molecule has 0 radical (unpaired) electrons. The van der Waals surface area contributed by atoms with Crippen molar-refractivity contribution in [1.29, 1.82) is 0 Å². The molecule has 0 aromatic carbocycles. The summed E-state index contributed by atoms with van der Waals surface area (Å²) in [4.78, 5) is 0. The third kappa shape index (κ3) is 4.69. The summed E-state index contributed by atoms with van der Waals surface area (Å²) >= 11 is 0. The molecule has 2 aliphatic rings. The summed E-state index contributed by atoms with van der Waals surface area (Å²) in [6.45, 7) is 9.17. The first-order chi connectivity index (χ1) is 9.31. The molecule has 2 N–H and O–H groups in total. The van der Waals surface area contributed by atoms with Crippen molar-refractivity contribution in [2.45, 2.75) is 52.5 Å². The van der Waals surface area contributed by atoms with E-state index in [1.165, 1.54) is 0 Å². The molecule has 0 spiro atoms. The molecule has 0 aromatic heterocycles. The molecular weight excluding hydrogens is 274 g/mol. The van der Waals surface area contributed by atoms with E-state index in [4.69, 9.17) is 0 Å². The Bertz CT molecular complexity index is 418. The minimum Gasteiger partial charge on any atom is -0.314 e. The largest absolute Gasteiger partial charge is 0.314 e. The second kappa shape index (κ2) is 6.30. The molecule has 1 unspecified atom stereocenters. The van der Waals surface area contributed by atoms with E-state index in [0.29, 0.717) is 31.6 Å². The van der Waals surface area contributed by atoms with Crippen LogP contribution in [0.5, 0.6) is 0 Å². The van der Waals surface area contributed by atoms with Gasteiger partial charge in [-0.2, -0.15) is 12.7 Å². The zero-order valence-electron chi connectivity index (χ0n) is 13.0. The van der Waals surface area contributed by atoms with E-state index in [-0.39, 0.29) is 5.41 Å². The van der Waals surface area contributed by atoms with Gasteiger partial charge in [-0.25, -0.2) is 4.72 Å². The minimum absolute atomic E-state index is 0.210. The van der Waals surface area contributed by atoms with E-state index in [9.17, 15) is 8.42 Å². The van der Waals surface area contributed by atoms with Gasteiger partial charge in [-0.3, -0.25) is 0 Å². The van der Waals surface area contributed by atoms with Gasteiger partial charge in [-0.05, 0) is 43.6 Å². The maximum atomic E-state index is 12.3. The monoisotopic (exact) mass is 303 g/mol. The van der Waals surface area contributed by atoms with Crippen molar-refractivity contribution in [3.8, 4) is 0 Å². The number of rotatable bonds is 7. The fourth-order valence-electron chi connectivity index (χ4n) is 2.56. The van der Waals surface area contributed by atoms with Crippen molar-refractivity contribution in [3.05, 3.63) is 0 Å². The summed E-state index contributed by atoms with van der Waals surface area (Å²) in [6, 6.07) is 0.454. The third-order valence-electron chi connectivity index (χ3n) is 4.42. The molecule has 2 fully saturated rings. The first kappa shape index (κ1) is 16.2. The highest BCUT2D eigenvalue weighted by Gasteiger charge is 2.39. The Morgan fingerprint density at radius 1 is 1.35 bits per heavy atom. The quantitative estimate of drug-likeness (QED) is 0.746. The average Bonchev–Trinajstić information content (AvgIpc) is 3.13. The molecular formula is C14H29N3O2S. The molecule has 5 nitrogen and oxygen atoms in total. The molecule has 1 aliphatic carbocycles. The third-order valence-corrected chi connectivity index (χ3v) is 5.94. The Morgan fingerprint density at radius 3 is 2.65 bits per heavy atom. The fraction of sp³-hybridized carbons (Fsp3) is 1.00. The summed E-state index contributed by atoms with van der Waals surface area (Å²) < 4.78 is 29.1. The average molecular weight is 303 g/mol. The van der Waals surface area contributed by atoms with E-state index < -0.39 is 10.2 Å². The van der Waals surface area contributed by atoms with Crippen molar-refractivity contribution < 1.29 is 8.42 Å². The van der Waals surface area contributed by atoms with Gasteiger partial charge in [0.05, 0.1) is 0 Å². The molecule has 1 aliphatic heterocycles. The number of piperidine rings is 1. The molecule has 0 bridgehead atoms. The maximum Gasteiger partial charge on any atom is 0.279 e. The summed E-state index contributed by atoms with van der Waals surface area (Å²) in [5.74, 6) is 0.430. The summed E-state index contributed by atoms with van der Waals surface area (Å²) in [6.07, 6.45) is 4.35. The van der Waals surface area contributed by atoms with Crippen LogP contribution in [0.3, 0.4) is 0 Å². The van der Waals surface area contributed by atoms with Gasteiger partial charge >= 0.3 is 0 Å². The predicted molar refractivity (Wildman–Crippen MR) is 81.7 cm³/mol. The lowest BCUT2D eigenvalue weighted by Gasteiger charge is -2.32. The van der Waals surface area contributed by atoms with Crippen LogP contribution >= 0.6 is 0 Å². The highest BCUT2D eigenvalue weighted by atomic mass is 32.2. The molecule has 1 atom stereocenters. The van der Waals surface area contributed by atoms with Crippen LogP contribution < -0.4 is 10.0 Å². The summed E-state index contributed by atoms with van der Waals surface area (Å²) in [5, 5.41) is 3.41. The zero-order chi connectivity index (χ0) is 14.8. The van der Waals surface area contributed by atoms with Crippen LogP contribution in [0.15, 0.2) is 0 Å². The Labute approximate surface area is 123 Å². The first-order valence-electron chi connectivity index (χ1n) is 7.79. The Hall–Kier alpha value is -0.170. The van der Waals surface area contributed by atoms with E-state index in [0.717, 1.165) is 32.2 Å². The molecule has 20 heavy (non-hydrogen) atoms. The topological polar surface area (TPSA) is 61.4 Å². The minimum atomic E-state index is -3.29. The molecule has 0 aromatic rings.